The van der Waals surface area contributed by atoms with Crippen molar-refractivity contribution < 1.29 is 9.90 Å². The summed E-state index contributed by atoms with van der Waals surface area (Å²) in [4.78, 5) is 11.8. The maximum atomic E-state index is 11.8. The van der Waals surface area contributed by atoms with Gasteiger partial charge in [-0.2, -0.15) is 0 Å². The van der Waals surface area contributed by atoms with E-state index < -0.39 is 5.97 Å². The number of carbonyl (C=O) groups is 1. The van der Waals surface area contributed by atoms with Crippen molar-refractivity contribution >= 4 is 5.97 Å². The van der Waals surface area contributed by atoms with Crippen LogP contribution in [-0.4, -0.2) is 11.1 Å². The van der Waals surface area contributed by atoms with Gasteiger partial charge in [0.05, 0.1) is 5.92 Å². The molecule has 8 aliphatic rings. The highest BCUT2D eigenvalue weighted by molar-refractivity contribution is 5.71. The summed E-state index contributed by atoms with van der Waals surface area (Å²) in [5.74, 6) is 4.54. The third-order valence-electron chi connectivity index (χ3n) is 9.72. The Hall–Kier alpha value is -0.530. The standard InChI is InChI=1S/C21H30O2/c22-19(23)18-16-4-15-5-17(18)11-21(9-15,10-16)20-6-12-1-13(7-20)3-14(2-12)8-20/h12-18H,1-11H2,(H,22,23). The molecule has 0 amide bonds. The van der Waals surface area contributed by atoms with E-state index >= 15 is 0 Å². The zero-order valence-electron chi connectivity index (χ0n) is 14.2. The lowest BCUT2D eigenvalue weighted by Crippen LogP contribution is -2.62. The fraction of sp³-hybridized carbons (Fsp3) is 0.952. The fourth-order valence-electron chi connectivity index (χ4n) is 9.84. The fourth-order valence-corrected chi connectivity index (χ4v) is 9.84. The van der Waals surface area contributed by atoms with Crippen LogP contribution >= 0.6 is 0 Å². The van der Waals surface area contributed by atoms with Crippen molar-refractivity contribution in [2.75, 3.05) is 0 Å². The molecule has 0 aromatic rings. The predicted octanol–water partition coefficient (Wildman–Crippen LogP) is 4.73. The lowest BCUT2D eigenvalue weighted by Gasteiger charge is -2.71. The van der Waals surface area contributed by atoms with Gasteiger partial charge >= 0.3 is 5.97 Å². The number of aliphatic carboxylic acids is 1. The maximum absolute atomic E-state index is 11.8. The van der Waals surface area contributed by atoms with Crippen LogP contribution in [0.25, 0.3) is 0 Å². The van der Waals surface area contributed by atoms with Crippen LogP contribution in [0.15, 0.2) is 0 Å². The van der Waals surface area contributed by atoms with E-state index in [9.17, 15) is 9.90 Å². The van der Waals surface area contributed by atoms with Crippen molar-refractivity contribution in [3.63, 3.8) is 0 Å². The van der Waals surface area contributed by atoms with Gasteiger partial charge in [0.1, 0.15) is 0 Å². The number of carboxylic acid groups (broad SMARTS) is 1. The van der Waals surface area contributed by atoms with Crippen LogP contribution in [0.2, 0.25) is 0 Å². The van der Waals surface area contributed by atoms with E-state index in [0.717, 1.165) is 23.7 Å². The molecule has 0 radical (unpaired) electrons. The van der Waals surface area contributed by atoms with Gasteiger partial charge in [-0.1, -0.05) is 0 Å². The molecule has 8 aliphatic carbocycles. The van der Waals surface area contributed by atoms with Crippen LogP contribution in [0.5, 0.6) is 0 Å². The van der Waals surface area contributed by atoms with Gasteiger partial charge < -0.3 is 5.11 Å². The van der Waals surface area contributed by atoms with Gasteiger partial charge in [-0.05, 0) is 117 Å². The largest absolute Gasteiger partial charge is 0.481 e. The lowest BCUT2D eigenvalue weighted by atomic mass is 9.34. The Kier molecular flexibility index (Phi) is 2.49. The van der Waals surface area contributed by atoms with Crippen LogP contribution in [-0.2, 0) is 4.79 Å². The first kappa shape index (κ1) is 13.7. The molecule has 0 aromatic heterocycles. The SMILES string of the molecule is O=C(O)C1C2CC3CC1CC(C14CC5CC(CC(C5)C1)C4)(C3)C2. The predicted molar refractivity (Wildman–Crippen MR) is 87.7 cm³/mol. The third-order valence-corrected chi connectivity index (χ3v) is 9.72. The summed E-state index contributed by atoms with van der Waals surface area (Å²) >= 11 is 0. The topological polar surface area (TPSA) is 37.3 Å². The van der Waals surface area contributed by atoms with Gasteiger partial charge in [0.25, 0.3) is 0 Å². The molecule has 8 rings (SSSR count). The highest BCUT2D eigenvalue weighted by Gasteiger charge is 2.67. The van der Waals surface area contributed by atoms with Crippen molar-refractivity contribution in [2.24, 2.45) is 52.3 Å². The number of hydrogen-bond donors (Lipinski definition) is 1. The Morgan fingerprint density at radius 3 is 1.48 bits per heavy atom. The average molecular weight is 314 g/mol. The molecule has 0 saturated heterocycles. The summed E-state index contributed by atoms with van der Waals surface area (Å²) < 4.78 is 0. The van der Waals surface area contributed by atoms with Crippen molar-refractivity contribution in [3.05, 3.63) is 0 Å². The zero-order valence-corrected chi connectivity index (χ0v) is 14.2. The second-order valence-corrected chi connectivity index (χ2v) is 10.8. The van der Waals surface area contributed by atoms with E-state index in [1.54, 1.807) is 0 Å². The van der Waals surface area contributed by atoms with Crippen LogP contribution in [0, 0.1) is 52.3 Å². The van der Waals surface area contributed by atoms with Crippen LogP contribution in [0.1, 0.15) is 70.6 Å². The molecule has 1 N–H and O–H groups in total. The van der Waals surface area contributed by atoms with E-state index in [-0.39, 0.29) is 5.92 Å². The van der Waals surface area contributed by atoms with E-state index in [1.807, 2.05) is 0 Å². The van der Waals surface area contributed by atoms with Gasteiger partial charge in [-0.15, -0.1) is 0 Å². The van der Waals surface area contributed by atoms with E-state index in [2.05, 4.69) is 0 Å². The van der Waals surface area contributed by atoms with Crippen molar-refractivity contribution in [1.82, 2.24) is 0 Å². The zero-order chi connectivity index (χ0) is 15.4. The second kappa shape index (κ2) is 4.17. The molecule has 2 heteroatoms. The summed E-state index contributed by atoms with van der Waals surface area (Å²) in [6, 6.07) is 0. The first-order chi connectivity index (χ1) is 11.1. The highest BCUT2D eigenvalue weighted by Crippen LogP contribution is 2.75. The Morgan fingerprint density at radius 1 is 0.652 bits per heavy atom. The normalized spacial score (nSPS) is 62.0. The molecule has 8 saturated carbocycles. The molecule has 8 bridgehead atoms. The van der Waals surface area contributed by atoms with Crippen LogP contribution < -0.4 is 0 Å². The molecular weight excluding hydrogens is 284 g/mol. The molecule has 2 unspecified atom stereocenters. The van der Waals surface area contributed by atoms with Gasteiger partial charge in [0.15, 0.2) is 0 Å². The summed E-state index contributed by atoms with van der Waals surface area (Å²) in [5, 5.41) is 9.76. The lowest BCUT2D eigenvalue weighted by molar-refractivity contribution is -0.217. The summed E-state index contributed by atoms with van der Waals surface area (Å²) in [7, 11) is 0. The van der Waals surface area contributed by atoms with Gasteiger partial charge in [-0.25, -0.2) is 0 Å². The minimum Gasteiger partial charge on any atom is -0.481 e. The van der Waals surface area contributed by atoms with Crippen molar-refractivity contribution in [3.8, 4) is 0 Å². The highest BCUT2D eigenvalue weighted by atomic mass is 16.4. The summed E-state index contributed by atoms with van der Waals surface area (Å²) in [6.45, 7) is 0. The monoisotopic (exact) mass is 314 g/mol. The van der Waals surface area contributed by atoms with Gasteiger partial charge in [-0.3, -0.25) is 4.79 Å². The van der Waals surface area contributed by atoms with E-state index in [1.165, 1.54) is 70.6 Å². The first-order valence-electron chi connectivity index (χ1n) is 10.3. The number of hydrogen-bond acceptors (Lipinski definition) is 1. The molecule has 0 spiro atoms. The smallest absolute Gasteiger partial charge is 0.307 e. The molecule has 8 fully saturated rings. The molecule has 2 atom stereocenters. The summed E-state index contributed by atoms with van der Waals surface area (Å²) in [5.41, 5.74) is 1.20. The van der Waals surface area contributed by atoms with Gasteiger partial charge in [0, 0.05) is 0 Å². The Labute approximate surface area is 139 Å². The maximum Gasteiger partial charge on any atom is 0.307 e. The molecule has 0 aromatic carbocycles. The van der Waals surface area contributed by atoms with E-state index in [0.29, 0.717) is 22.7 Å². The number of rotatable bonds is 2. The van der Waals surface area contributed by atoms with Crippen molar-refractivity contribution in [1.29, 1.82) is 0 Å². The minimum absolute atomic E-state index is 0.00795. The molecule has 0 heterocycles. The van der Waals surface area contributed by atoms with Gasteiger partial charge in [0.2, 0.25) is 0 Å². The number of carboxylic acids is 1. The van der Waals surface area contributed by atoms with Crippen LogP contribution in [0.4, 0.5) is 0 Å². The summed E-state index contributed by atoms with van der Waals surface area (Å²) in [6.07, 6.45) is 15.7. The third kappa shape index (κ3) is 1.64. The van der Waals surface area contributed by atoms with Crippen LogP contribution in [0.3, 0.4) is 0 Å². The second-order valence-electron chi connectivity index (χ2n) is 10.8. The molecule has 0 aliphatic heterocycles. The van der Waals surface area contributed by atoms with Crippen molar-refractivity contribution in [2.45, 2.75) is 70.6 Å². The average Bonchev–Trinajstić information content (AvgIpc) is 2.44. The molecule has 23 heavy (non-hydrogen) atoms. The quantitative estimate of drug-likeness (QED) is 0.800. The molecule has 2 nitrogen and oxygen atoms in total. The van der Waals surface area contributed by atoms with E-state index in [4.69, 9.17) is 0 Å². The minimum atomic E-state index is -0.473. The first-order valence-corrected chi connectivity index (χ1v) is 10.3. The Balaban J connectivity index is 1.40. The molecule has 126 valence electrons. The Bertz CT molecular complexity index is 513. The molecular formula is C21H30O2. The Morgan fingerprint density at radius 2 is 1.04 bits per heavy atom.